The molecule has 0 N–H and O–H groups in total. The van der Waals surface area contributed by atoms with Gasteiger partial charge < -0.3 is 33.0 Å². The Bertz CT molecular complexity index is 2710. The summed E-state index contributed by atoms with van der Waals surface area (Å²) < 4.78 is 22.7. The molecular weight excluding hydrogens is 1330 g/mol. The van der Waals surface area contributed by atoms with Crippen molar-refractivity contribution in [3.8, 4) is 0 Å². The molecule has 0 unspecified atom stereocenters. The molecule has 3 aliphatic rings. The quantitative estimate of drug-likeness (QED) is 0.0347. The van der Waals surface area contributed by atoms with Crippen molar-refractivity contribution in [3.05, 3.63) is 84.6 Å². The van der Waals surface area contributed by atoms with Gasteiger partial charge in [-0.05, 0) is 229 Å². The van der Waals surface area contributed by atoms with E-state index in [1.54, 1.807) is 6.26 Å². The molecule has 2 aromatic heterocycles. The normalized spacial score (nSPS) is 14.3. The van der Waals surface area contributed by atoms with Crippen LogP contribution in [0, 0.1) is 50.7 Å². The van der Waals surface area contributed by atoms with Gasteiger partial charge in [-0.1, -0.05) is 140 Å². The molecule has 5 heterocycles. The zero-order valence-electron chi connectivity index (χ0n) is 72.2. The lowest BCUT2D eigenvalue weighted by Gasteiger charge is -2.26. The number of carbonyl (C=O) groups is 8. The van der Waals surface area contributed by atoms with Gasteiger partial charge in [0.1, 0.15) is 54.5 Å². The Morgan fingerprint density at radius 2 is 0.802 bits per heavy atom. The molecular formula is C89H157N5O12. The van der Waals surface area contributed by atoms with E-state index in [2.05, 4.69) is 57.6 Å². The molecule has 0 radical (unpaired) electrons. The molecule has 17 nitrogen and oxygen atoms in total. The Kier molecular flexibility index (Phi) is 54.7. The number of piperidine rings is 2. The van der Waals surface area contributed by atoms with E-state index in [0.29, 0.717) is 73.9 Å². The zero-order chi connectivity index (χ0) is 81.1. The number of aromatic nitrogens is 1. The molecule has 3 saturated heterocycles. The van der Waals surface area contributed by atoms with Gasteiger partial charge in [-0.25, -0.2) is 0 Å². The third kappa shape index (κ3) is 57.5. The Labute approximate surface area is 647 Å². The fraction of sp³-hybridized carbons (Fsp3) is 0.753. The molecule has 0 amide bonds. The minimum Gasteiger partial charge on any atom is -0.469 e. The standard InChI is InChI=1S/C13H21NO.C13H25NO.C13H18O.C12H23NO2.C11H21NO2.C10H14O2.C9H19NO2.C8H16O/c1-13(2,3)12(15)8-4-5-9-14-10-6-7-11-14;1-13(2,3)12(15)8-7-11-14-9-5-4-6-10-14;1-11(2)13(14)10-6-9-12-7-4-3-5-8-12;1-12(2,3)11(14)15-10-9-13-7-5-4-6-8-13;1-11(2,3)10(13)14-9-8-12-6-4-5-7-12;1-8(2)10(11)6-5-9-4-3-7-12-9;1-9(2,3)8(11)12-7-6-10(4)5;1-6(2)5-8(9)7(3)4/h6-7,10-11H,4-5,8-9H2,1-3H3;4-11H2,1-3H3;3-5,7-8,11H,6,9-10H2,1-2H3;4-10H2,1-3H3;4-9H2,1-3H3;3-4,7-8H,5-6H2,1-2H3;6-7H2,1-5H3;6-7H,5H2,1-4H3. The first kappa shape index (κ1) is 102. The highest BCUT2D eigenvalue weighted by Crippen LogP contribution is 2.22. The average molecular weight is 1490 g/mol. The van der Waals surface area contributed by atoms with Crippen molar-refractivity contribution in [2.24, 2.45) is 50.7 Å². The van der Waals surface area contributed by atoms with E-state index in [0.717, 1.165) is 116 Å². The molecule has 0 aliphatic carbocycles. The first-order valence-electron chi connectivity index (χ1n) is 40.4. The number of nitrogens with zero attached hydrogens (tertiary/aromatic N) is 5. The zero-order valence-corrected chi connectivity index (χ0v) is 72.2. The summed E-state index contributed by atoms with van der Waals surface area (Å²) in [5.74, 6) is 3.44. The van der Waals surface area contributed by atoms with Crippen LogP contribution >= 0.6 is 0 Å². The highest BCUT2D eigenvalue weighted by atomic mass is 16.5. The maximum atomic E-state index is 11.7. The third-order valence-corrected chi connectivity index (χ3v) is 17.7. The van der Waals surface area contributed by atoms with E-state index in [1.165, 1.54) is 70.0 Å². The molecule has 0 bridgehead atoms. The summed E-state index contributed by atoms with van der Waals surface area (Å²) in [6.45, 7) is 58.0. The molecule has 17 heteroatoms. The third-order valence-electron chi connectivity index (χ3n) is 17.7. The van der Waals surface area contributed by atoms with E-state index in [4.69, 9.17) is 18.6 Å². The summed E-state index contributed by atoms with van der Waals surface area (Å²) in [7, 11) is 3.90. The van der Waals surface area contributed by atoms with Gasteiger partial charge >= 0.3 is 17.9 Å². The highest BCUT2D eigenvalue weighted by Gasteiger charge is 2.26. The number of esters is 3. The van der Waals surface area contributed by atoms with Crippen LogP contribution in [0.3, 0.4) is 0 Å². The lowest BCUT2D eigenvalue weighted by molar-refractivity contribution is -0.154. The SMILES string of the molecule is CC(C)(C)C(=O)CCCCn1cccc1.CC(C)(C)C(=O)CCCN1CCCCC1.CC(C)(C)C(=O)OCCN1CCCC1.CC(C)(C)C(=O)OCCN1CCCCC1.CC(C)C(=O)CCCc1ccccc1.CC(C)C(=O)CCc1ccco1.CC(C)CC(=O)C(C)C.CN(C)CCOC(=O)C(C)(C)C. The number of Topliss-reactive ketones (excluding diaryl/α,β-unsaturated/α-hetero) is 5. The second kappa shape index (κ2) is 56.6. The number of furan rings is 1. The van der Waals surface area contributed by atoms with Crippen molar-refractivity contribution in [1.29, 1.82) is 0 Å². The van der Waals surface area contributed by atoms with Gasteiger partial charge in [-0.15, -0.1) is 0 Å². The van der Waals surface area contributed by atoms with E-state index in [1.807, 2.05) is 207 Å². The van der Waals surface area contributed by atoms with Crippen LogP contribution in [-0.4, -0.2) is 170 Å². The molecule has 106 heavy (non-hydrogen) atoms. The molecule has 0 spiro atoms. The van der Waals surface area contributed by atoms with Gasteiger partial charge in [-0.2, -0.15) is 0 Å². The summed E-state index contributed by atoms with van der Waals surface area (Å²) in [6, 6.07) is 18.1. The van der Waals surface area contributed by atoms with Crippen molar-refractivity contribution in [2.45, 2.75) is 288 Å². The highest BCUT2D eigenvalue weighted by molar-refractivity contribution is 5.84. The number of aryl methyl sites for hydroxylation is 3. The second-order valence-corrected chi connectivity index (χ2v) is 35.5. The van der Waals surface area contributed by atoms with Gasteiger partial charge in [-0.3, -0.25) is 48.2 Å². The Morgan fingerprint density at radius 3 is 1.17 bits per heavy atom. The molecule has 1 aromatic carbocycles. The van der Waals surface area contributed by atoms with Crippen molar-refractivity contribution in [3.63, 3.8) is 0 Å². The van der Waals surface area contributed by atoms with Crippen molar-refractivity contribution in [1.82, 2.24) is 24.2 Å². The number of benzene rings is 1. The van der Waals surface area contributed by atoms with Gasteiger partial charge in [0.2, 0.25) is 0 Å². The largest absolute Gasteiger partial charge is 0.469 e. The average Bonchev–Trinajstić information content (AvgIpc) is 0.966. The number of hydrogen-bond donors (Lipinski definition) is 0. The molecule has 610 valence electrons. The number of ether oxygens (including phenoxy) is 3. The molecule has 3 aromatic rings. The van der Waals surface area contributed by atoms with E-state index in [-0.39, 0.29) is 62.7 Å². The lowest BCUT2D eigenvalue weighted by atomic mass is 9.88. The summed E-state index contributed by atoms with van der Waals surface area (Å²) in [6.07, 6.45) is 25.6. The maximum absolute atomic E-state index is 11.7. The first-order chi connectivity index (χ1) is 49.3. The summed E-state index contributed by atoms with van der Waals surface area (Å²) in [4.78, 5) is 100. The summed E-state index contributed by atoms with van der Waals surface area (Å²) in [5.41, 5.74) is -0.127. The van der Waals surface area contributed by atoms with Crippen molar-refractivity contribution in [2.75, 3.05) is 99.4 Å². The second-order valence-electron chi connectivity index (χ2n) is 35.5. The van der Waals surface area contributed by atoms with E-state index in [9.17, 15) is 38.4 Å². The van der Waals surface area contributed by atoms with Crippen LogP contribution in [0.5, 0.6) is 0 Å². The lowest BCUT2D eigenvalue weighted by Crippen LogP contribution is -2.34. The van der Waals surface area contributed by atoms with Gasteiger partial charge in [0.25, 0.3) is 0 Å². The number of rotatable bonds is 30. The molecule has 0 saturated carbocycles. The predicted octanol–water partition coefficient (Wildman–Crippen LogP) is 18.9. The van der Waals surface area contributed by atoms with Gasteiger partial charge in [0.05, 0.1) is 22.5 Å². The topological polar surface area (TPSA) is 195 Å². The predicted molar refractivity (Wildman–Crippen MR) is 438 cm³/mol. The van der Waals surface area contributed by atoms with Crippen LogP contribution < -0.4 is 0 Å². The fourth-order valence-electron chi connectivity index (χ4n) is 10.2. The molecule has 3 fully saturated rings. The molecule has 6 rings (SSSR count). The number of unbranched alkanes of at least 4 members (excludes halogenated alkanes) is 1. The minimum absolute atomic E-state index is 0.0977. The van der Waals surface area contributed by atoms with Crippen LogP contribution in [-0.2, 0) is 72.0 Å². The van der Waals surface area contributed by atoms with Crippen LogP contribution in [0.4, 0.5) is 0 Å². The van der Waals surface area contributed by atoms with Crippen LogP contribution in [0.2, 0.25) is 0 Å². The van der Waals surface area contributed by atoms with Gasteiger partial charge in [0, 0.05) is 106 Å². The number of likely N-dealkylation sites (N-methyl/N-ethyl adjacent to an activating group) is 1. The first-order valence-corrected chi connectivity index (χ1v) is 40.4. The number of ketones is 5. The van der Waals surface area contributed by atoms with E-state index >= 15 is 0 Å². The monoisotopic (exact) mass is 1490 g/mol. The minimum atomic E-state index is -0.383. The van der Waals surface area contributed by atoms with Gasteiger partial charge in [0.15, 0.2) is 0 Å². The van der Waals surface area contributed by atoms with Crippen molar-refractivity contribution < 1.29 is 57.0 Å². The number of hydrogen-bond acceptors (Lipinski definition) is 16. The fourth-order valence-corrected chi connectivity index (χ4v) is 10.2. The Hall–Kier alpha value is -5.62. The number of carbonyl (C=O) groups excluding carboxylic acids is 8. The van der Waals surface area contributed by atoms with E-state index < -0.39 is 0 Å². The summed E-state index contributed by atoms with van der Waals surface area (Å²) >= 11 is 0. The molecule has 0 atom stereocenters. The van der Waals surface area contributed by atoms with Crippen LogP contribution in [0.25, 0.3) is 0 Å². The smallest absolute Gasteiger partial charge is 0.311 e. The Balaban J connectivity index is 0. The van der Waals surface area contributed by atoms with Crippen LogP contribution in [0.1, 0.15) is 280 Å². The van der Waals surface area contributed by atoms with Crippen molar-refractivity contribution >= 4 is 46.8 Å². The number of likely N-dealkylation sites (tertiary alicyclic amines) is 3. The molecule has 3 aliphatic heterocycles. The summed E-state index contributed by atoms with van der Waals surface area (Å²) in [5, 5.41) is 0. The maximum Gasteiger partial charge on any atom is 0.311 e. The Morgan fingerprint density at radius 1 is 0.406 bits per heavy atom. The van der Waals surface area contributed by atoms with Crippen LogP contribution in [0.15, 0.2) is 77.7 Å².